The summed E-state index contributed by atoms with van der Waals surface area (Å²) in [5.41, 5.74) is 1.42. The maximum absolute atomic E-state index is 11.4. The van der Waals surface area contributed by atoms with E-state index >= 15 is 0 Å². The Labute approximate surface area is 141 Å². The standard InChI is InChI=1S/C17H21ClN4O/c1-19-16(23)11-22-9-6-15(21-22)20-12-17(7-3-8-17)13-4-2-5-14(18)10-13/h2,4-6,9-10H,3,7-8,11-12H2,1H3,(H,19,23)(H,20,21). The molecule has 5 nitrogen and oxygen atoms in total. The lowest BCUT2D eigenvalue weighted by molar-refractivity contribution is -0.121. The molecule has 3 rings (SSSR count). The Morgan fingerprint density at radius 3 is 2.87 bits per heavy atom. The fourth-order valence-corrected chi connectivity index (χ4v) is 3.21. The molecule has 6 heteroatoms. The van der Waals surface area contributed by atoms with Gasteiger partial charge in [-0.2, -0.15) is 5.10 Å². The third-order valence-corrected chi connectivity index (χ3v) is 4.82. The Morgan fingerprint density at radius 2 is 2.22 bits per heavy atom. The van der Waals surface area contributed by atoms with E-state index in [0.29, 0.717) is 0 Å². The Bertz CT molecular complexity index is 693. The number of benzene rings is 1. The summed E-state index contributed by atoms with van der Waals surface area (Å²) in [7, 11) is 1.62. The molecular weight excluding hydrogens is 312 g/mol. The topological polar surface area (TPSA) is 59.0 Å². The number of nitrogens with zero attached hydrogens (tertiary/aromatic N) is 2. The van der Waals surface area contributed by atoms with E-state index in [9.17, 15) is 4.79 Å². The number of nitrogens with one attached hydrogen (secondary N) is 2. The van der Waals surface area contributed by atoms with Crippen LogP contribution >= 0.6 is 11.6 Å². The molecular formula is C17H21ClN4O. The molecule has 1 amide bonds. The minimum absolute atomic E-state index is 0.0611. The lowest BCUT2D eigenvalue weighted by Gasteiger charge is -2.42. The van der Waals surface area contributed by atoms with Crippen LogP contribution in [0.15, 0.2) is 36.5 Å². The first kappa shape index (κ1) is 15.9. The Hall–Kier alpha value is -2.01. The predicted molar refractivity (Wildman–Crippen MR) is 91.8 cm³/mol. The molecule has 1 aromatic carbocycles. The van der Waals surface area contributed by atoms with Gasteiger partial charge >= 0.3 is 0 Å². The molecule has 0 atom stereocenters. The first-order chi connectivity index (χ1) is 11.1. The SMILES string of the molecule is CNC(=O)Cn1ccc(NCC2(c3cccc(Cl)c3)CCC2)n1. The highest BCUT2D eigenvalue weighted by atomic mass is 35.5. The van der Waals surface area contributed by atoms with Gasteiger partial charge in [0.25, 0.3) is 0 Å². The second-order valence-electron chi connectivity index (χ2n) is 6.07. The number of anilines is 1. The summed E-state index contributed by atoms with van der Waals surface area (Å²) in [5, 5.41) is 11.2. The predicted octanol–water partition coefficient (Wildman–Crippen LogP) is 2.82. The summed E-state index contributed by atoms with van der Waals surface area (Å²) in [6.45, 7) is 1.06. The van der Waals surface area contributed by atoms with Gasteiger partial charge in [-0.05, 0) is 30.5 Å². The minimum atomic E-state index is -0.0611. The highest BCUT2D eigenvalue weighted by Crippen LogP contribution is 2.44. The Kier molecular flexibility index (Phi) is 4.57. The van der Waals surface area contributed by atoms with Crippen LogP contribution in [0.25, 0.3) is 0 Å². The van der Waals surface area contributed by atoms with Crippen LogP contribution in [0, 0.1) is 0 Å². The fourth-order valence-electron chi connectivity index (χ4n) is 3.02. The van der Waals surface area contributed by atoms with Gasteiger partial charge in [0.05, 0.1) is 0 Å². The number of aromatic nitrogens is 2. The van der Waals surface area contributed by atoms with Crippen LogP contribution in [-0.2, 0) is 16.8 Å². The number of amides is 1. The highest BCUT2D eigenvalue weighted by Gasteiger charge is 2.38. The van der Waals surface area contributed by atoms with Crippen molar-refractivity contribution in [3.8, 4) is 0 Å². The molecule has 2 aromatic rings. The molecule has 1 fully saturated rings. The van der Waals surface area contributed by atoms with Crippen LogP contribution in [0.2, 0.25) is 5.02 Å². The molecule has 23 heavy (non-hydrogen) atoms. The summed E-state index contributed by atoms with van der Waals surface area (Å²) >= 11 is 6.14. The molecule has 1 aliphatic rings. The summed E-state index contributed by atoms with van der Waals surface area (Å²) in [6, 6.07) is 10.0. The van der Waals surface area contributed by atoms with Gasteiger partial charge in [0.1, 0.15) is 12.4 Å². The quantitative estimate of drug-likeness (QED) is 0.855. The van der Waals surface area contributed by atoms with Crippen molar-refractivity contribution in [2.75, 3.05) is 18.9 Å². The average molecular weight is 333 g/mol. The molecule has 1 saturated carbocycles. The van der Waals surface area contributed by atoms with Crippen LogP contribution in [0.3, 0.4) is 0 Å². The van der Waals surface area contributed by atoms with Crippen molar-refractivity contribution in [3.63, 3.8) is 0 Å². The van der Waals surface area contributed by atoms with Crippen molar-refractivity contribution in [2.45, 2.75) is 31.2 Å². The summed E-state index contributed by atoms with van der Waals surface area (Å²) in [4.78, 5) is 11.4. The zero-order valence-corrected chi connectivity index (χ0v) is 13.9. The number of rotatable bonds is 6. The fraction of sp³-hybridized carbons (Fsp3) is 0.412. The van der Waals surface area contributed by atoms with Crippen molar-refractivity contribution in [1.82, 2.24) is 15.1 Å². The number of hydrogen-bond donors (Lipinski definition) is 2. The third-order valence-electron chi connectivity index (χ3n) is 4.58. The van der Waals surface area contributed by atoms with Crippen molar-refractivity contribution in [1.29, 1.82) is 0 Å². The van der Waals surface area contributed by atoms with Gasteiger partial charge in [-0.1, -0.05) is 30.2 Å². The number of carbonyl (C=O) groups excluding carboxylic acids is 1. The molecule has 0 unspecified atom stereocenters. The molecule has 0 bridgehead atoms. The number of likely N-dealkylation sites (N-methyl/N-ethyl adjacent to an activating group) is 1. The van der Waals surface area contributed by atoms with Crippen LogP contribution in [0.1, 0.15) is 24.8 Å². The second-order valence-corrected chi connectivity index (χ2v) is 6.51. The van der Waals surface area contributed by atoms with Crippen molar-refractivity contribution in [2.24, 2.45) is 0 Å². The van der Waals surface area contributed by atoms with Gasteiger partial charge in [0.15, 0.2) is 0 Å². The summed E-state index contributed by atoms with van der Waals surface area (Å²) in [5.74, 6) is 0.733. The molecule has 1 aliphatic carbocycles. The van der Waals surface area contributed by atoms with Gasteiger partial charge in [0.2, 0.25) is 5.91 Å². The highest BCUT2D eigenvalue weighted by molar-refractivity contribution is 6.30. The second kappa shape index (κ2) is 6.62. The summed E-state index contributed by atoms with van der Waals surface area (Å²) < 4.78 is 1.63. The average Bonchev–Trinajstić information content (AvgIpc) is 2.93. The molecule has 2 N–H and O–H groups in total. The largest absolute Gasteiger partial charge is 0.368 e. The minimum Gasteiger partial charge on any atom is -0.368 e. The molecule has 0 aliphatic heterocycles. The molecule has 1 heterocycles. The van der Waals surface area contributed by atoms with Crippen molar-refractivity contribution >= 4 is 23.3 Å². The van der Waals surface area contributed by atoms with E-state index in [1.54, 1.807) is 11.7 Å². The van der Waals surface area contributed by atoms with Crippen molar-refractivity contribution < 1.29 is 4.79 Å². The molecule has 0 spiro atoms. The molecule has 122 valence electrons. The van der Waals surface area contributed by atoms with Gasteiger partial charge in [-0.15, -0.1) is 0 Å². The van der Waals surface area contributed by atoms with Crippen LogP contribution in [0.4, 0.5) is 5.82 Å². The van der Waals surface area contributed by atoms with Gasteiger partial charge < -0.3 is 10.6 Å². The number of carbonyl (C=O) groups is 1. The normalized spacial score (nSPS) is 15.7. The Balaban J connectivity index is 1.66. The first-order valence-corrected chi connectivity index (χ1v) is 8.23. The number of halogens is 1. The number of hydrogen-bond acceptors (Lipinski definition) is 3. The van der Waals surface area contributed by atoms with Gasteiger partial charge in [-0.25, -0.2) is 0 Å². The maximum Gasteiger partial charge on any atom is 0.241 e. The van der Waals surface area contributed by atoms with E-state index in [1.165, 1.54) is 12.0 Å². The smallest absolute Gasteiger partial charge is 0.241 e. The molecule has 0 saturated heterocycles. The van der Waals surface area contributed by atoms with Crippen LogP contribution in [-0.4, -0.2) is 29.3 Å². The zero-order chi connectivity index (χ0) is 16.3. The van der Waals surface area contributed by atoms with E-state index in [1.807, 2.05) is 24.4 Å². The first-order valence-electron chi connectivity index (χ1n) is 7.85. The lowest BCUT2D eigenvalue weighted by Crippen LogP contribution is -2.41. The Morgan fingerprint density at radius 1 is 1.39 bits per heavy atom. The van der Waals surface area contributed by atoms with Crippen LogP contribution < -0.4 is 10.6 Å². The maximum atomic E-state index is 11.4. The zero-order valence-electron chi connectivity index (χ0n) is 13.2. The van der Waals surface area contributed by atoms with Crippen LogP contribution in [0.5, 0.6) is 0 Å². The van der Waals surface area contributed by atoms with E-state index in [2.05, 4.69) is 27.9 Å². The van der Waals surface area contributed by atoms with E-state index in [-0.39, 0.29) is 17.9 Å². The van der Waals surface area contributed by atoms with Crippen molar-refractivity contribution in [3.05, 3.63) is 47.1 Å². The molecule has 0 radical (unpaired) electrons. The van der Waals surface area contributed by atoms with Gasteiger partial charge in [-0.3, -0.25) is 9.48 Å². The monoisotopic (exact) mass is 332 g/mol. The van der Waals surface area contributed by atoms with E-state index in [4.69, 9.17) is 11.6 Å². The molecule has 1 aromatic heterocycles. The van der Waals surface area contributed by atoms with Gasteiger partial charge in [0, 0.05) is 36.3 Å². The third kappa shape index (κ3) is 3.50. The van der Waals surface area contributed by atoms with E-state index < -0.39 is 0 Å². The lowest BCUT2D eigenvalue weighted by atomic mass is 9.64. The van der Waals surface area contributed by atoms with E-state index in [0.717, 1.165) is 30.2 Å². The summed E-state index contributed by atoms with van der Waals surface area (Å²) in [6.07, 6.45) is 5.35.